The molecule has 11 heteroatoms. The van der Waals surface area contributed by atoms with Crippen LogP contribution >= 0.6 is 0 Å². The lowest BCUT2D eigenvalue weighted by atomic mass is 9.97. The first-order valence-electron chi connectivity index (χ1n) is 9.17. The highest BCUT2D eigenvalue weighted by molar-refractivity contribution is 5.96. The molecule has 1 heterocycles. The minimum absolute atomic E-state index is 0.0218. The van der Waals surface area contributed by atoms with Crippen LogP contribution in [0.4, 0.5) is 18.9 Å². The number of halogens is 3. The van der Waals surface area contributed by atoms with E-state index in [4.69, 9.17) is 9.47 Å². The van der Waals surface area contributed by atoms with E-state index in [1.165, 1.54) is 30.3 Å². The summed E-state index contributed by atoms with van der Waals surface area (Å²) >= 11 is 0. The average Bonchev–Trinajstić information content (AvgIpc) is 3.07. The number of non-ortho nitro benzene ring substituents is 1. The molecule has 1 aliphatic rings. The molecule has 1 atom stereocenters. The lowest BCUT2D eigenvalue weighted by Crippen LogP contribution is -2.39. The van der Waals surface area contributed by atoms with Gasteiger partial charge in [-0.25, -0.2) is 9.59 Å². The van der Waals surface area contributed by atoms with Crippen LogP contribution in [0.15, 0.2) is 54.1 Å². The zero-order chi connectivity index (χ0) is 23.5. The second-order valence-corrected chi connectivity index (χ2v) is 7.08. The summed E-state index contributed by atoms with van der Waals surface area (Å²) in [5.41, 5.74) is -2.17. The summed E-state index contributed by atoms with van der Waals surface area (Å²) in [7, 11) is 0. The number of hydrogen-bond donors (Lipinski definition) is 1. The van der Waals surface area contributed by atoms with Gasteiger partial charge in [0.1, 0.15) is 6.61 Å². The summed E-state index contributed by atoms with van der Waals surface area (Å²) < 4.78 is 48.3. The molecule has 1 unspecified atom stereocenters. The first kappa shape index (κ1) is 22.9. The fourth-order valence-corrected chi connectivity index (χ4v) is 3.01. The summed E-state index contributed by atoms with van der Waals surface area (Å²) in [5, 5.41) is 20.4. The highest BCUT2D eigenvalue weighted by atomic mass is 19.4. The Morgan fingerprint density at radius 3 is 2.34 bits per heavy atom. The van der Waals surface area contributed by atoms with Crippen LogP contribution in [-0.4, -0.2) is 40.8 Å². The van der Waals surface area contributed by atoms with Crippen LogP contribution in [0.3, 0.4) is 0 Å². The Balaban J connectivity index is 1.69. The molecule has 1 fully saturated rings. The molecule has 0 saturated carbocycles. The van der Waals surface area contributed by atoms with Crippen molar-refractivity contribution in [2.75, 3.05) is 13.2 Å². The van der Waals surface area contributed by atoms with Gasteiger partial charge in [-0.1, -0.05) is 12.1 Å². The minimum atomic E-state index is -4.49. The third-order valence-corrected chi connectivity index (χ3v) is 4.73. The van der Waals surface area contributed by atoms with E-state index in [1.54, 1.807) is 0 Å². The van der Waals surface area contributed by atoms with E-state index >= 15 is 0 Å². The number of rotatable bonds is 6. The molecular weight excluding hydrogens is 435 g/mol. The predicted octanol–water partition coefficient (Wildman–Crippen LogP) is 3.53. The summed E-state index contributed by atoms with van der Waals surface area (Å²) in [6.45, 7) is -1.16. The summed E-state index contributed by atoms with van der Waals surface area (Å²) in [5.74, 6) is -1.64. The SMILES string of the molecule is O=C1OC(CO)(COC(=O)c2ccc([N+](=O)[O-])cc2)C/C1=C\c1ccc(C(F)(F)F)cc1. The molecule has 1 saturated heterocycles. The predicted molar refractivity (Wildman–Crippen MR) is 103 cm³/mol. The number of ether oxygens (including phenoxy) is 2. The summed E-state index contributed by atoms with van der Waals surface area (Å²) in [4.78, 5) is 34.4. The van der Waals surface area contributed by atoms with E-state index in [9.17, 15) is 38.0 Å². The van der Waals surface area contributed by atoms with Crippen LogP contribution in [0.25, 0.3) is 6.08 Å². The average molecular weight is 451 g/mol. The van der Waals surface area contributed by atoms with Gasteiger partial charge in [-0.15, -0.1) is 0 Å². The molecule has 1 N–H and O–H groups in total. The minimum Gasteiger partial charge on any atom is -0.458 e. The second-order valence-electron chi connectivity index (χ2n) is 7.08. The van der Waals surface area contributed by atoms with Crippen LogP contribution < -0.4 is 0 Å². The van der Waals surface area contributed by atoms with Gasteiger partial charge in [0, 0.05) is 24.1 Å². The number of nitrogens with zero attached hydrogens (tertiary/aromatic N) is 1. The highest BCUT2D eigenvalue weighted by Crippen LogP contribution is 2.33. The van der Waals surface area contributed by atoms with Crippen molar-refractivity contribution in [3.63, 3.8) is 0 Å². The van der Waals surface area contributed by atoms with Crippen molar-refractivity contribution < 1.29 is 42.3 Å². The largest absolute Gasteiger partial charge is 0.458 e. The van der Waals surface area contributed by atoms with Crippen molar-refractivity contribution in [2.45, 2.75) is 18.2 Å². The smallest absolute Gasteiger partial charge is 0.416 e. The lowest BCUT2D eigenvalue weighted by Gasteiger charge is -2.24. The number of nitro benzene ring substituents is 1. The number of alkyl halides is 3. The van der Waals surface area contributed by atoms with Crippen LogP contribution in [0.1, 0.15) is 27.9 Å². The van der Waals surface area contributed by atoms with Gasteiger partial charge in [0.05, 0.1) is 22.7 Å². The van der Waals surface area contributed by atoms with Gasteiger partial charge < -0.3 is 14.6 Å². The van der Waals surface area contributed by atoms with Crippen molar-refractivity contribution in [1.29, 1.82) is 0 Å². The van der Waals surface area contributed by atoms with Gasteiger partial charge in [0.2, 0.25) is 0 Å². The molecule has 3 rings (SSSR count). The maximum Gasteiger partial charge on any atom is 0.416 e. The van der Waals surface area contributed by atoms with Crippen molar-refractivity contribution in [3.05, 3.63) is 80.9 Å². The molecule has 0 spiro atoms. The maximum absolute atomic E-state index is 12.7. The Labute approximate surface area is 179 Å². The molecule has 0 amide bonds. The second kappa shape index (κ2) is 8.79. The van der Waals surface area contributed by atoms with Gasteiger partial charge in [0.15, 0.2) is 5.60 Å². The van der Waals surface area contributed by atoms with Crippen molar-refractivity contribution in [3.8, 4) is 0 Å². The molecule has 0 bridgehead atoms. The van der Waals surface area contributed by atoms with Crippen molar-refractivity contribution in [2.24, 2.45) is 0 Å². The fraction of sp³-hybridized carbons (Fsp3) is 0.238. The third-order valence-electron chi connectivity index (χ3n) is 4.73. The standard InChI is InChI=1S/C21H16F3NO7/c22-21(23,24)16-5-1-13(2-6-16)9-15-10-20(11-26,32-19(15)28)12-31-18(27)14-3-7-17(8-4-14)25(29)30/h1-9,26H,10-12H2/b15-9+. The van der Waals surface area contributed by atoms with E-state index in [0.717, 1.165) is 24.3 Å². The molecule has 0 radical (unpaired) electrons. The normalized spacial score (nSPS) is 19.6. The first-order valence-corrected chi connectivity index (χ1v) is 9.17. The number of aliphatic hydroxyl groups is 1. The van der Waals surface area contributed by atoms with Gasteiger partial charge >= 0.3 is 18.1 Å². The number of aliphatic hydroxyl groups excluding tert-OH is 1. The summed E-state index contributed by atoms with van der Waals surface area (Å²) in [6, 6.07) is 8.77. The molecule has 0 aliphatic carbocycles. The Morgan fingerprint density at radius 1 is 1.19 bits per heavy atom. The van der Waals surface area contributed by atoms with Gasteiger partial charge in [-0.2, -0.15) is 13.2 Å². The first-order chi connectivity index (χ1) is 15.0. The molecule has 0 aromatic heterocycles. The quantitative estimate of drug-likeness (QED) is 0.309. The van der Waals surface area contributed by atoms with Crippen molar-refractivity contribution in [1.82, 2.24) is 0 Å². The number of benzene rings is 2. The highest BCUT2D eigenvalue weighted by Gasteiger charge is 2.44. The Bertz CT molecular complexity index is 1060. The zero-order valence-electron chi connectivity index (χ0n) is 16.3. The molecule has 2 aromatic rings. The topological polar surface area (TPSA) is 116 Å². The molecule has 168 valence electrons. The number of carbonyl (C=O) groups is 2. The molecular formula is C21H16F3NO7. The van der Waals surface area contributed by atoms with Gasteiger partial charge in [-0.05, 0) is 35.9 Å². The molecule has 2 aromatic carbocycles. The fourth-order valence-electron chi connectivity index (χ4n) is 3.01. The maximum atomic E-state index is 12.7. The monoisotopic (exact) mass is 451 g/mol. The molecule has 8 nitrogen and oxygen atoms in total. The Hall–Kier alpha value is -3.73. The van der Waals surface area contributed by atoms with E-state index < -0.39 is 47.4 Å². The number of hydrogen-bond acceptors (Lipinski definition) is 7. The van der Waals surface area contributed by atoms with Crippen LogP contribution in [0.2, 0.25) is 0 Å². The van der Waals surface area contributed by atoms with Crippen LogP contribution in [0, 0.1) is 10.1 Å². The van der Waals surface area contributed by atoms with Gasteiger partial charge in [-0.3, -0.25) is 10.1 Å². The number of carbonyl (C=O) groups excluding carboxylic acids is 2. The number of nitro groups is 1. The lowest BCUT2D eigenvalue weighted by molar-refractivity contribution is -0.384. The van der Waals surface area contributed by atoms with Crippen LogP contribution in [0.5, 0.6) is 0 Å². The van der Waals surface area contributed by atoms with E-state index in [1.807, 2.05) is 0 Å². The van der Waals surface area contributed by atoms with Crippen LogP contribution in [-0.2, 0) is 20.4 Å². The molecule has 32 heavy (non-hydrogen) atoms. The van der Waals surface area contributed by atoms with Gasteiger partial charge in [0.25, 0.3) is 5.69 Å². The Kier molecular flexibility index (Phi) is 6.30. The number of cyclic esters (lactones) is 1. The third kappa shape index (κ3) is 5.11. The van der Waals surface area contributed by atoms with E-state index in [-0.39, 0.29) is 23.2 Å². The molecule has 1 aliphatic heterocycles. The Morgan fingerprint density at radius 2 is 1.81 bits per heavy atom. The van der Waals surface area contributed by atoms with E-state index in [2.05, 4.69) is 0 Å². The summed E-state index contributed by atoms with van der Waals surface area (Å²) in [6.07, 6.45) is -3.30. The number of esters is 2. The van der Waals surface area contributed by atoms with E-state index in [0.29, 0.717) is 5.56 Å². The van der Waals surface area contributed by atoms with Crippen molar-refractivity contribution >= 4 is 23.7 Å². The zero-order valence-corrected chi connectivity index (χ0v) is 16.3.